The van der Waals surface area contributed by atoms with E-state index in [1.165, 1.54) is 36.4 Å². The van der Waals surface area contributed by atoms with Crippen molar-refractivity contribution in [1.82, 2.24) is 0 Å². The third kappa shape index (κ3) is 3.14. The van der Waals surface area contributed by atoms with Crippen LogP contribution in [0, 0.1) is 0 Å². The van der Waals surface area contributed by atoms with Gasteiger partial charge in [-0.1, -0.05) is 24.3 Å². The Morgan fingerprint density at radius 3 is 1.41 bits per heavy atom. The van der Waals surface area contributed by atoms with Crippen molar-refractivity contribution in [3.8, 4) is 0 Å². The zero-order valence-corrected chi connectivity index (χ0v) is 13.8. The average molecular weight is 344 g/mol. The van der Waals surface area contributed by atoms with E-state index in [0.29, 0.717) is 0 Å². The molecule has 120 valence electrons. The highest BCUT2D eigenvalue weighted by atomic mass is 32.2. The van der Waals surface area contributed by atoms with Crippen molar-refractivity contribution >= 4 is 31.0 Å². The average Bonchev–Trinajstić information content (AvgIpc) is 2.45. The summed E-state index contributed by atoms with van der Waals surface area (Å²) in [4.78, 5) is -0.138. The Morgan fingerprint density at radius 1 is 0.727 bits per heavy atom. The molecule has 0 spiro atoms. The molecule has 2 aromatic rings. The SMILES string of the molecule is CCOS(=O)(=O)c1cccc2c(S(=O)(=O)OCC)cccc12. The quantitative estimate of drug-likeness (QED) is 0.747. The van der Waals surface area contributed by atoms with Gasteiger partial charge in [0.15, 0.2) is 0 Å². The predicted molar refractivity (Wildman–Crippen MR) is 81.6 cm³/mol. The van der Waals surface area contributed by atoms with Gasteiger partial charge in [0, 0.05) is 10.8 Å². The molecule has 0 aliphatic carbocycles. The Kier molecular flexibility index (Phi) is 4.86. The molecule has 0 aliphatic rings. The first-order valence-electron chi connectivity index (χ1n) is 6.64. The fourth-order valence-corrected chi connectivity index (χ4v) is 4.39. The third-order valence-electron chi connectivity index (χ3n) is 2.93. The van der Waals surface area contributed by atoms with Crippen LogP contribution in [0.25, 0.3) is 10.8 Å². The Hall–Kier alpha value is -1.48. The van der Waals surface area contributed by atoms with Crippen molar-refractivity contribution in [2.45, 2.75) is 23.6 Å². The summed E-state index contributed by atoms with van der Waals surface area (Å²) in [5.41, 5.74) is 0. The minimum absolute atomic E-state index is 0.00431. The van der Waals surface area contributed by atoms with Gasteiger partial charge in [0.25, 0.3) is 20.2 Å². The Labute approximate surface area is 129 Å². The van der Waals surface area contributed by atoms with Crippen LogP contribution in [0.2, 0.25) is 0 Å². The molecule has 0 fully saturated rings. The molecule has 0 heterocycles. The van der Waals surface area contributed by atoms with E-state index in [2.05, 4.69) is 0 Å². The molecule has 8 heteroatoms. The van der Waals surface area contributed by atoms with E-state index in [1.807, 2.05) is 0 Å². The molecule has 0 atom stereocenters. The number of hydrogen-bond acceptors (Lipinski definition) is 6. The van der Waals surface area contributed by atoms with Gasteiger partial charge in [-0.05, 0) is 26.0 Å². The molecule has 0 unspecified atom stereocenters. The smallest absolute Gasteiger partial charge is 0.267 e. The van der Waals surface area contributed by atoms with E-state index in [9.17, 15) is 16.8 Å². The summed E-state index contributed by atoms with van der Waals surface area (Å²) in [7, 11) is -7.89. The molecule has 2 rings (SSSR count). The fraction of sp³-hybridized carbons (Fsp3) is 0.286. The maximum atomic E-state index is 12.1. The first-order valence-corrected chi connectivity index (χ1v) is 9.45. The summed E-state index contributed by atoms with van der Waals surface area (Å²) in [5.74, 6) is 0. The maximum absolute atomic E-state index is 12.1. The summed E-state index contributed by atoms with van der Waals surface area (Å²) in [6.07, 6.45) is 0. The lowest BCUT2D eigenvalue weighted by atomic mass is 10.1. The first-order chi connectivity index (χ1) is 10.3. The molecule has 6 nitrogen and oxygen atoms in total. The zero-order chi connectivity index (χ0) is 16.4. The normalized spacial score (nSPS) is 12.6. The van der Waals surface area contributed by atoms with Gasteiger partial charge < -0.3 is 0 Å². The summed E-state index contributed by atoms with van der Waals surface area (Å²) < 4.78 is 58.1. The summed E-state index contributed by atoms with van der Waals surface area (Å²) in [6.45, 7) is 3.12. The number of fused-ring (bicyclic) bond motifs is 1. The minimum Gasteiger partial charge on any atom is -0.267 e. The fourth-order valence-electron chi connectivity index (χ4n) is 2.13. The molecular weight excluding hydrogens is 328 g/mol. The van der Waals surface area contributed by atoms with Crippen LogP contribution in [-0.4, -0.2) is 30.0 Å². The topological polar surface area (TPSA) is 86.7 Å². The van der Waals surface area contributed by atoms with E-state index < -0.39 is 20.2 Å². The molecule has 0 saturated heterocycles. The second-order valence-electron chi connectivity index (χ2n) is 4.33. The van der Waals surface area contributed by atoms with Crippen LogP contribution in [0.15, 0.2) is 46.2 Å². The predicted octanol–water partition coefficient (Wildman–Crippen LogP) is 2.29. The maximum Gasteiger partial charge on any atom is 0.297 e. The van der Waals surface area contributed by atoms with Gasteiger partial charge in [-0.3, -0.25) is 8.37 Å². The molecule has 0 aromatic heterocycles. The second-order valence-corrected chi connectivity index (χ2v) is 7.50. The first kappa shape index (κ1) is 16.9. The lowest BCUT2D eigenvalue weighted by Gasteiger charge is -2.11. The van der Waals surface area contributed by atoms with Crippen LogP contribution in [0.4, 0.5) is 0 Å². The molecule has 0 radical (unpaired) electrons. The molecule has 0 N–H and O–H groups in total. The molecular formula is C14H16O6S2. The molecule has 0 aliphatic heterocycles. The van der Waals surface area contributed by atoms with Crippen LogP contribution in [0.3, 0.4) is 0 Å². The van der Waals surface area contributed by atoms with Crippen molar-refractivity contribution in [2.75, 3.05) is 13.2 Å². The monoisotopic (exact) mass is 344 g/mol. The molecule has 0 saturated carbocycles. The van der Waals surface area contributed by atoms with Gasteiger partial charge in [-0.25, -0.2) is 0 Å². The van der Waals surface area contributed by atoms with Crippen LogP contribution >= 0.6 is 0 Å². The third-order valence-corrected chi connectivity index (χ3v) is 5.81. The van der Waals surface area contributed by atoms with Gasteiger partial charge in [0.05, 0.1) is 13.2 Å². The van der Waals surface area contributed by atoms with Gasteiger partial charge in [-0.15, -0.1) is 0 Å². The summed E-state index contributed by atoms with van der Waals surface area (Å²) >= 11 is 0. The van der Waals surface area contributed by atoms with E-state index in [1.54, 1.807) is 13.8 Å². The van der Waals surface area contributed by atoms with Crippen LogP contribution in [0.1, 0.15) is 13.8 Å². The Bertz CT molecular complexity index is 809. The second kappa shape index (κ2) is 6.33. The van der Waals surface area contributed by atoms with Crippen LogP contribution < -0.4 is 0 Å². The summed E-state index contributed by atoms with van der Waals surface area (Å²) in [6, 6.07) is 8.77. The van der Waals surface area contributed by atoms with Crippen molar-refractivity contribution < 1.29 is 25.2 Å². The van der Waals surface area contributed by atoms with E-state index in [-0.39, 0.29) is 33.8 Å². The standard InChI is InChI=1S/C14H16O6S2/c1-3-19-21(15,16)13-9-5-8-12-11(13)7-6-10-14(12)22(17,18)20-4-2/h5-10H,3-4H2,1-2H3. The van der Waals surface area contributed by atoms with Crippen molar-refractivity contribution in [2.24, 2.45) is 0 Å². The zero-order valence-electron chi connectivity index (χ0n) is 12.1. The highest BCUT2D eigenvalue weighted by Gasteiger charge is 2.22. The van der Waals surface area contributed by atoms with Gasteiger partial charge in [0.1, 0.15) is 9.79 Å². The van der Waals surface area contributed by atoms with Crippen LogP contribution in [0.5, 0.6) is 0 Å². The summed E-state index contributed by atoms with van der Waals surface area (Å²) in [5, 5.41) is 0.549. The molecule has 22 heavy (non-hydrogen) atoms. The van der Waals surface area contributed by atoms with E-state index in [0.717, 1.165) is 0 Å². The van der Waals surface area contributed by atoms with Crippen molar-refractivity contribution in [3.63, 3.8) is 0 Å². The van der Waals surface area contributed by atoms with Crippen molar-refractivity contribution in [3.05, 3.63) is 36.4 Å². The van der Waals surface area contributed by atoms with Crippen molar-refractivity contribution in [1.29, 1.82) is 0 Å². The Balaban J connectivity index is 2.78. The van der Waals surface area contributed by atoms with Gasteiger partial charge >= 0.3 is 0 Å². The van der Waals surface area contributed by atoms with E-state index in [4.69, 9.17) is 8.37 Å². The van der Waals surface area contributed by atoms with E-state index >= 15 is 0 Å². The highest BCUT2D eigenvalue weighted by molar-refractivity contribution is 7.87. The lowest BCUT2D eigenvalue weighted by Crippen LogP contribution is -2.09. The largest absolute Gasteiger partial charge is 0.297 e. The Morgan fingerprint density at radius 2 is 1.09 bits per heavy atom. The minimum atomic E-state index is -3.95. The number of benzene rings is 2. The number of hydrogen-bond donors (Lipinski definition) is 0. The van der Waals surface area contributed by atoms with Gasteiger partial charge in [0.2, 0.25) is 0 Å². The highest BCUT2D eigenvalue weighted by Crippen LogP contribution is 2.30. The van der Waals surface area contributed by atoms with Crippen LogP contribution in [-0.2, 0) is 28.6 Å². The van der Waals surface area contributed by atoms with Gasteiger partial charge in [-0.2, -0.15) is 16.8 Å². The lowest BCUT2D eigenvalue weighted by molar-refractivity contribution is 0.337. The number of rotatable bonds is 6. The molecule has 0 amide bonds. The molecule has 0 bridgehead atoms. The molecule has 2 aromatic carbocycles.